The molecule has 0 unspecified atom stereocenters. The fourth-order valence-corrected chi connectivity index (χ4v) is 3.69. The second-order valence-electron chi connectivity index (χ2n) is 3.43. The summed E-state index contributed by atoms with van der Waals surface area (Å²) in [5, 5.41) is 0. The van der Waals surface area contributed by atoms with Gasteiger partial charge < -0.3 is 13.3 Å². The van der Waals surface area contributed by atoms with Gasteiger partial charge in [-0.25, -0.2) is 0 Å². The van der Waals surface area contributed by atoms with E-state index >= 15 is 0 Å². The van der Waals surface area contributed by atoms with Crippen molar-refractivity contribution in [3.8, 4) is 0 Å². The van der Waals surface area contributed by atoms with Crippen LogP contribution >= 0.6 is 0 Å². The van der Waals surface area contributed by atoms with Crippen LogP contribution in [0.5, 0.6) is 0 Å². The molecule has 0 spiro atoms. The van der Waals surface area contributed by atoms with Crippen molar-refractivity contribution < 1.29 is 13.3 Å². The van der Waals surface area contributed by atoms with Crippen molar-refractivity contribution in [2.24, 2.45) is 5.92 Å². The van der Waals surface area contributed by atoms with Gasteiger partial charge >= 0.3 is 8.80 Å². The Bertz CT molecular complexity index is 134. The SMILES string of the molecule is CO[Si]([CH]C1CCCC1)(OC)OC. The molecule has 77 valence electrons. The Labute approximate surface area is 81.7 Å². The molecule has 1 rings (SSSR count). The first-order valence-corrected chi connectivity index (χ1v) is 6.58. The van der Waals surface area contributed by atoms with Gasteiger partial charge in [-0.15, -0.1) is 0 Å². The van der Waals surface area contributed by atoms with Gasteiger partial charge in [0.15, 0.2) is 0 Å². The lowest BCUT2D eigenvalue weighted by Crippen LogP contribution is -2.45. The van der Waals surface area contributed by atoms with E-state index < -0.39 is 8.80 Å². The highest BCUT2D eigenvalue weighted by molar-refractivity contribution is 6.64. The molecule has 0 aliphatic heterocycles. The summed E-state index contributed by atoms with van der Waals surface area (Å²) >= 11 is 0. The highest BCUT2D eigenvalue weighted by Gasteiger charge is 2.41. The van der Waals surface area contributed by atoms with Crippen molar-refractivity contribution in [2.75, 3.05) is 21.3 Å². The number of rotatable bonds is 5. The van der Waals surface area contributed by atoms with Crippen LogP contribution in [0.1, 0.15) is 25.7 Å². The van der Waals surface area contributed by atoms with Crippen molar-refractivity contribution in [3.63, 3.8) is 0 Å². The van der Waals surface area contributed by atoms with Crippen LogP contribution in [0.2, 0.25) is 0 Å². The van der Waals surface area contributed by atoms with Crippen molar-refractivity contribution >= 4 is 8.80 Å². The van der Waals surface area contributed by atoms with E-state index in [1.54, 1.807) is 21.3 Å². The molecular weight excluding hydrogens is 184 g/mol. The van der Waals surface area contributed by atoms with E-state index in [4.69, 9.17) is 13.3 Å². The Morgan fingerprint density at radius 3 is 1.85 bits per heavy atom. The Morgan fingerprint density at radius 1 is 1.00 bits per heavy atom. The van der Waals surface area contributed by atoms with Crippen LogP contribution in [-0.2, 0) is 13.3 Å². The molecule has 0 aromatic heterocycles. The Kier molecular flexibility index (Phi) is 4.38. The molecule has 0 saturated heterocycles. The van der Waals surface area contributed by atoms with Gasteiger partial charge in [-0.3, -0.25) is 0 Å². The monoisotopic (exact) mass is 203 g/mol. The maximum Gasteiger partial charge on any atom is 0.503 e. The minimum absolute atomic E-state index is 0.631. The maximum absolute atomic E-state index is 5.34. The van der Waals surface area contributed by atoms with Crippen LogP contribution in [-0.4, -0.2) is 30.1 Å². The number of hydrogen-bond donors (Lipinski definition) is 0. The van der Waals surface area contributed by atoms with E-state index in [9.17, 15) is 0 Å². The van der Waals surface area contributed by atoms with Crippen molar-refractivity contribution in [1.82, 2.24) is 0 Å². The second kappa shape index (κ2) is 5.10. The molecular formula is C9H19O3Si. The van der Waals surface area contributed by atoms with Crippen LogP contribution < -0.4 is 0 Å². The summed E-state index contributed by atoms with van der Waals surface area (Å²) in [6.45, 7) is 0. The fraction of sp³-hybridized carbons (Fsp3) is 0.889. The van der Waals surface area contributed by atoms with Gasteiger partial charge in [-0.2, -0.15) is 0 Å². The minimum Gasteiger partial charge on any atom is -0.377 e. The molecule has 0 heterocycles. The van der Waals surface area contributed by atoms with Crippen molar-refractivity contribution in [2.45, 2.75) is 25.7 Å². The lowest BCUT2D eigenvalue weighted by atomic mass is 10.1. The summed E-state index contributed by atoms with van der Waals surface area (Å²) in [5.74, 6) is 0.631. The van der Waals surface area contributed by atoms with Crippen LogP contribution in [0.25, 0.3) is 0 Å². The zero-order valence-electron chi connectivity index (χ0n) is 8.71. The van der Waals surface area contributed by atoms with E-state index in [0.717, 1.165) is 0 Å². The van der Waals surface area contributed by atoms with Gasteiger partial charge in [-0.1, -0.05) is 25.7 Å². The van der Waals surface area contributed by atoms with Gasteiger partial charge in [0.05, 0.1) is 0 Å². The third-order valence-corrected chi connectivity index (χ3v) is 5.28. The zero-order chi connectivity index (χ0) is 9.73. The molecule has 0 bridgehead atoms. The van der Waals surface area contributed by atoms with Gasteiger partial charge in [0.25, 0.3) is 0 Å². The van der Waals surface area contributed by atoms with Crippen molar-refractivity contribution in [3.05, 3.63) is 6.04 Å². The molecule has 1 aliphatic carbocycles. The molecule has 13 heavy (non-hydrogen) atoms. The predicted molar refractivity (Wildman–Crippen MR) is 53.0 cm³/mol. The lowest BCUT2D eigenvalue weighted by molar-refractivity contribution is 0.129. The highest BCUT2D eigenvalue weighted by Crippen LogP contribution is 2.30. The summed E-state index contributed by atoms with van der Waals surface area (Å²) in [6.07, 6.45) is 5.15. The second-order valence-corrected chi connectivity index (χ2v) is 6.19. The molecule has 4 heteroatoms. The normalized spacial score (nSPS) is 19.6. The molecule has 1 radical (unpaired) electrons. The van der Waals surface area contributed by atoms with E-state index in [-0.39, 0.29) is 0 Å². The quantitative estimate of drug-likeness (QED) is 0.638. The summed E-state index contributed by atoms with van der Waals surface area (Å²) in [4.78, 5) is 0. The fourth-order valence-electron chi connectivity index (χ4n) is 1.87. The third kappa shape index (κ3) is 2.77. The minimum atomic E-state index is -2.41. The van der Waals surface area contributed by atoms with Crippen molar-refractivity contribution in [1.29, 1.82) is 0 Å². The van der Waals surface area contributed by atoms with Crippen LogP contribution in [0.15, 0.2) is 0 Å². The van der Waals surface area contributed by atoms with E-state index in [2.05, 4.69) is 6.04 Å². The van der Waals surface area contributed by atoms with Crippen LogP contribution in [0, 0.1) is 12.0 Å². The zero-order valence-corrected chi connectivity index (χ0v) is 9.71. The van der Waals surface area contributed by atoms with Gasteiger partial charge in [0, 0.05) is 27.4 Å². The maximum atomic E-state index is 5.34. The van der Waals surface area contributed by atoms with E-state index in [0.29, 0.717) is 5.92 Å². The Morgan fingerprint density at radius 2 is 1.46 bits per heavy atom. The Balaban J connectivity index is 2.44. The molecule has 1 fully saturated rings. The molecule has 0 aromatic rings. The average Bonchev–Trinajstić information content (AvgIpc) is 2.67. The van der Waals surface area contributed by atoms with E-state index in [1.165, 1.54) is 25.7 Å². The molecule has 0 N–H and O–H groups in total. The lowest BCUT2D eigenvalue weighted by Gasteiger charge is -2.26. The number of hydrogen-bond acceptors (Lipinski definition) is 3. The topological polar surface area (TPSA) is 27.7 Å². The molecule has 0 atom stereocenters. The first-order valence-electron chi connectivity index (χ1n) is 4.78. The highest BCUT2D eigenvalue weighted by atomic mass is 28.4. The molecule has 0 aromatic carbocycles. The van der Waals surface area contributed by atoms with Gasteiger partial charge in [0.2, 0.25) is 0 Å². The molecule has 3 nitrogen and oxygen atoms in total. The van der Waals surface area contributed by atoms with E-state index in [1.807, 2.05) is 0 Å². The summed E-state index contributed by atoms with van der Waals surface area (Å²) in [5.41, 5.74) is 0. The first kappa shape index (κ1) is 11.2. The van der Waals surface area contributed by atoms with Crippen LogP contribution in [0.4, 0.5) is 0 Å². The van der Waals surface area contributed by atoms with Gasteiger partial charge in [0.1, 0.15) is 0 Å². The molecule has 1 aliphatic rings. The summed E-state index contributed by atoms with van der Waals surface area (Å²) in [7, 11) is 2.56. The van der Waals surface area contributed by atoms with Crippen LogP contribution in [0.3, 0.4) is 0 Å². The summed E-state index contributed by atoms with van der Waals surface area (Å²) < 4.78 is 16.0. The average molecular weight is 203 g/mol. The smallest absolute Gasteiger partial charge is 0.377 e. The summed E-state index contributed by atoms with van der Waals surface area (Å²) in [6, 6.07) is 2.17. The predicted octanol–water partition coefficient (Wildman–Crippen LogP) is 1.80. The standard InChI is InChI=1S/C9H19O3Si/c1-10-13(11-2,12-3)8-9-6-4-5-7-9/h8-9H,4-7H2,1-3H3. The first-order chi connectivity index (χ1) is 6.26. The van der Waals surface area contributed by atoms with Gasteiger partial charge in [-0.05, 0) is 5.92 Å². The molecule has 0 amide bonds. The third-order valence-electron chi connectivity index (χ3n) is 2.69. The largest absolute Gasteiger partial charge is 0.503 e. The Hall–Kier alpha value is 0.0969. The molecule has 1 saturated carbocycles.